The highest BCUT2D eigenvalue weighted by atomic mass is 19.1. The monoisotopic (exact) mass is 675 g/mol. The molecule has 1 aliphatic carbocycles. The Bertz CT molecular complexity index is 2020. The van der Waals surface area contributed by atoms with Crippen LogP contribution >= 0.6 is 0 Å². The molecule has 50 heavy (non-hydrogen) atoms. The van der Waals surface area contributed by atoms with Gasteiger partial charge in [-0.3, -0.25) is 24.6 Å². The Hall–Kier alpha value is -5.27. The molecule has 5 aromatic rings. The SMILES string of the molecule is CO[C@@]1(C(=O)Nc2ccc3[nH]nc(-c4ccnc(C5CC5)c4)c3c2)CCN(CC(=O)N2CCN(c3ccc(-c4ncc(F)cn4)cc3)CC2)C1. The van der Waals surface area contributed by atoms with E-state index >= 15 is 0 Å². The Morgan fingerprint density at radius 2 is 1.74 bits per heavy atom. The number of aromatic nitrogens is 5. The molecular weight excluding hydrogens is 637 g/mol. The number of rotatable bonds is 9. The van der Waals surface area contributed by atoms with E-state index in [1.807, 2.05) is 64.5 Å². The molecule has 2 aromatic carbocycles. The molecule has 0 radical (unpaired) electrons. The first-order valence-electron chi connectivity index (χ1n) is 17.0. The minimum absolute atomic E-state index is 0.0414. The molecule has 256 valence electrons. The molecule has 2 saturated heterocycles. The fraction of sp³-hybridized carbons (Fsp3) is 0.351. The lowest BCUT2D eigenvalue weighted by Crippen LogP contribution is -2.52. The number of hydrogen-bond donors (Lipinski definition) is 2. The zero-order valence-electron chi connectivity index (χ0n) is 27.8. The molecule has 13 heteroatoms. The van der Waals surface area contributed by atoms with E-state index in [9.17, 15) is 14.0 Å². The first-order valence-corrected chi connectivity index (χ1v) is 17.0. The second kappa shape index (κ2) is 13.2. The average molecular weight is 676 g/mol. The number of methoxy groups -OCH3 is 1. The highest BCUT2D eigenvalue weighted by Crippen LogP contribution is 2.40. The van der Waals surface area contributed by atoms with E-state index in [0.717, 1.165) is 51.5 Å². The summed E-state index contributed by atoms with van der Waals surface area (Å²) >= 11 is 0. The van der Waals surface area contributed by atoms with E-state index in [2.05, 4.69) is 41.4 Å². The van der Waals surface area contributed by atoms with Gasteiger partial charge in [0, 0.05) is 92.1 Å². The fourth-order valence-corrected chi connectivity index (χ4v) is 6.98. The van der Waals surface area contributed by atoms with Crippen molar-refractivity contribution in [3.63, 3.8) is 0 Å². The number of piperazine rings is 1. The van der Waals surface area contributed by atoms with E-state index in [-0.39, 0.29) is 18.4 Å². The zero-order chi connectivity index (χ0) is 34.2. The third kappa shape index (κ3) is 6.41. The van der Waals surface area contributed by atoms with Crippen molar-refractivity contribution in [2.24, 2.45) is 0 Å². The number of aromatic amines is 1. The summed E-state index contributed by atoms with van der Waals surface area (Å²) < 4.78 is 19.1. The lowest BCUT2D eigenvalue weighted by Gasteiger charge is -2.37. The van der Waals surface area contributed by atoms with Crippen LogP contribution < -0.4 is 10.2 Å². The van der Waals surface area contributed by atoms with E-state index < -0.39 is 11.4 Å². The minimum atomic E-state index is -1.07. The Kier molecular flexibility index (Phi) is 8.45. The van der Waals surface area contributed by atoms with Crippen LogP contribution in [-0.2, 0) is 14.3 Å². The van der Waals surface area contributed by atoms with Gasteiger partial charge in [0.2, 0.25) is 5.91 Å². The van der Waals surface area contributed by atoms with E-state index in [0.29, 0.717) is 63.1 Å². The number of carbonyl (C=O) groups excluding carboxylic acids is 2. The van der Waals surface area contributed by atoms with Crippen molar-refractivity contribution < 1.29 is 18.7 Å². The number of fused-ring (bicyclic) bond motifs is 1. The van der Waals surface area contributed by atoms with Crippen LogP contribution in [-0.4, -0.2) is 105 Å². The summed E-state index contributed by atoms with van der Waals surface area (Å²) in [6.45, 7) is 3.74. The topological polar surface area (TPSA) is 132 Å². The first kappa shape index (κ1) is 32.0. The average Bonchev–Trinajstić information content (AvgIpc) is 3.79. The molecule has 2 aliphatic heterocycles. The molecule has 0 bridgehead atoms. The standard InChI is InChI=1S/C37H38FN9O3/c1-50-37(36(49)42-28-6-9-31-30(19-28)34(44-43-31)26-10-12-39-32(18-26)24-2-3-24)11-13-45(23-37)22-33(48)47-16-14-46(15-17-47)29-7-4-25(5-8-29)35-40-20-27(38)21-41-35/h4-10,12,18-21,24H,2-3,11,13-17,22-23H2,1H3,(H,42,49)(H,43,44)/t37-/m0/s1. The number of amides is 2. The molecule has 8 rings (SSSR count). The van der Waals surface area contributed by atoms with Crippen molar-refractivity contribution in [2.75, 3.05) is 63.1 Å². The number of H-pyrrole nitrogens is 1. The summed E-state index contributed by atoms with van der Waals surface area (Å²) in [7, 11) is 1.56. The smallest absolute Gasteiger partial charge is 0.258 e. The second-order valence-corrected chi connectivity index (χ2v) is 13.3. The van der Waals surface area contributed by atoms with Crippen LogP contribution in [0.5, 0.6) is 0 Å². The highest BCUT2D eigenvalue weighted by molar-refractivity contribution is 6.01. The lowest BCUT2D eigenvalue weighted by molar-refractivity contribution is -0.138. The van der Waals surface area contributed by atoms with Gasteiger partial charge in [-0.1, -0.05) is 0 Å². The molecular formula is C37H38FN9O3. The summed E-state index contributed by atoms with van der Waals surface area (Å²) in [5, 5.41) is 11.7. The first-order chi connectivity index (χ1) is 24.4. The van der Waals surface area contributed by atoms with Gasteiger partial charge in [-0.25, -0.2) is 14.4 Å². The lowest BCUT2D eigenvalue weighted by atomic mass is 10.0. The Labute approximate surface area is 288 Å². The Morgan fingerprint density at radius 1 is 0.960 bits per heavy atom. The van der Waals surface area contributed by atoms with Gasteiger partial charge in [-0.2, -0.15) is 5.10 Å². The van der Waals surface area contributed by atoms with Crippen LogP contribution in [0.3, 0.4) is 0 Å². The number of carbonyl (C=O) groups is 2. The van der Waals surface area contributed by atoms with Crippen LogP contribution in [0.4, 0.5) is 15.8 Å². The van der Waals surface area contributed by atoms with Crippen molar-refractivity contribution in [3.05, 3.63) is 84.7 Å². The van der Waals surface area contributed by atoms with Gasteiger partial charge in [0.25, 0.3) is 5.91 Å². The largest absolute Gasteiger partial charge is 0.368 e. The van der Waals surface area contributed by atoms with Crippen molar-refractivity contribution in [1.82, 2.24) is 34.9 Å². The predicted molar refractivity (Wildman–Crippen MR) is 187 cm³/mol. The number of ether oxygens (including phenoxy) is 1. The molecule has 2 N–H and O–H groups in total. The molecule has 0 unspecified atom stereocenters. The summed E-state index contributed by atoms with van der Waals surface area (Å²) in [6, 6.07) is 17.6. The second-order valence-electron chi connectivity index (χ2n) is 13.3. The molecule has 3 aliphatic rings. The molecule has 1 saturated carbocycles. The minimum Gasteiger partial charge on any atom is -0.368 e. The van der Waals surface area contributed by atoms with Gasteiger partial charge < -0.3 is 19.9 Å². The third-order valence-electron chi connectivity index (χ3n) is 10.1. The van der Waals surface area contributed by atoms with Crippen LogP contribution in [0, 0.1) is 5.82 Å². The molecule has 5 heterocycles. The molecule has 0 spiro atoms. The number of pyridine rings is 1. The van der Waals surface area contributed by atoms with Crippen LogP contribution in [0.15, 0.2) is 73.2 Å². The van der Waals surface area contributed by atoms with Crippen molar-refractivity contribution in [2.45, 2.75) is 30.8 Å². The van der Waals surface area contributed by atoms with Gasteiger partial charge >= 0.3 is 0 Å². The number of anilines is 2. The molecule has 2 amide bonds. The van der Waals surface area contributed by atoms with Crippen molar-refractivity contribution in [3.8, 4) is 22.6 Å². The maximum Gasteiger partial charge on any atom is 0.258 e. The van der Waals surface area contributed by atoms with E-state index in [4.69, 9.17) is 4.74 Å². The zero-order valence-corrected chi connectivity index (χ0v) is 27.8. The molecule has 12 nitrogen and oxygen atoms in total. The van der Waals surface area contributed by atoms with Crippen LogP contribution in [0.25, 0.3) is 33.5 Å². The predicted octanol–water partition coefficient (Wildman–Crippen LogP) is 4.48. The van der Waals surface area contributed by atoms with Crippen LogP contribution in [0.1, 0.15) is 30.9 Å². The summed E-state index contributed by atoms with van der Waals surface area (Å²) in [6.07, 6.45) is 6.98. The van der Waals surface area contributed by atoms with Crippen LogP contribution in [0.2, 0.25) is 0 Å². The number of hydrogen-bond acceptors (Lipinski definition) is 9. The fourth-order valence-electron chi connectivity index (χ4n) is 6.98. The summed E-state index contributed by atoms with van der Waals surface area (Å²) in [5.74, 6) is 0.348. The highest BCUT2D eigenvalue weighted by Gasteiger charge is 2.45. The molecule has 3 fully saturated rings. The number of halogens is 1. The number of nitrogens with zero attached hydrogens (tertiary/aromatic N) is 7. The van der Waals surface area contributed by atoms with Gasteiger partial charge in [-0.05, 0) is 73.9 Å². The van der Waals surface area contributed by atoms with Crippen molar-refractivity contribution >= 4 is 34.1 Å². The maximum absolute atomic E-state index is 13.7. The normalized spacial score (nSPS) is 19.6. The van der Waals surface area contributed by atoms with Gasteiger partial charge in [0.1, 0.15) is 5.69 Å². The number of likely N-dealkylation sites (tertiary alicyclic amines) is 1. The van der Waals surface area contributed by atoms with Gasteiger partial charge in [-0.15, -0.1) is 0 Å². The number of benzene rings is 2. The van der Waals surface area contributed by atoms with E-state index in [1.165, 1.54) is 12.8 Å². The third-order valence-corrected chi connectivity index (χ3v) is 10.1. The molecule has 1 atom stereocenters. The maximum atomic E-state index is 13.7. The number of nitrogens with one attached hydrogen (secondary N) is 2. The van der Waals surface area contributed by atoms with E-state index in [1.54, 1.807) is 7.11 Å². The summed E-state index contributed by atoms with van der Waals surface area (Å²) in [5.41, 5.74) is 5.24. The Morgan fingerprint density at radius 3 is 2.48 bits per heavy atom. The van der Waals surface area contributed by atoms with Gasteiger partial charge in [0.15, 0.2) is 17.2 Å². The Balaban J connectivity index is 0.863. The van der Waals surface area contributed by atoms with Gasteiger partial charge in [0.05, 0.1) is 24.5 Å². The molecule has 3 aromatic heterocycles. The quantitative estimate of drug-likeness (QED) is 0.232. The van der Waals surface area contributed by atoms with Crippen molar-refractivity contribution in [1.29, 1.82) is 0 Å². The summed E-state index contributed by atoms with van der Waals surface area (Å²) in [4.78, 5) is 45.9.